The molecule has 1 aliphatic heterocycles. The van der Waals surface area contributed by atoms with Gasteiger partial charge in [0, 0.05) is 34.6 Å². The summed E-state index contributed by atoms with van der Waals surface area (Å²) in [6, 6.07) is 19.2. The van der Waals surface area contributed by atoms with Crippen molar-refractivity contribution in [3.05, 3.63) is 77.4 Å². The van der Waals surface area contributed by atoms with Crippen molar-refractivity contribution in [2.24, 2.45) is 0 Å². The Bertz CT molecular complexity index is 1070. The second-order valence-corrected chi connectivity index (χ2v) is 7.01. The summed E-state index contributed by atoms with van der Waals surface area (Å²) in [6.45, 7) is 2.00. The van der Waals surface area contributed by atoms with Gasteiger partial charge in [0.05, 0.1) is 21.3 Å². The molecule has 154 valence electrons. The fraction of sp³-hybridized carbons (Fsp3) is 0.208. The van der Waals surface area contributed by atoms with Crippen LogP contribution >= 0.6 is 0 Å². The molecule has 3 aromatic carbocycles. The highest BCUT2D eigenvalue weighted by Gasteiger charge is 2.38. The molecule has 6 nitrogen and oxygen atoms in total. The summed E-state index contributed by atoms with van der Waals surface area (Å²) in [7, 11) is 4.73. The third-order valence-electron chi connectivity index (χ3n) is 5.31. The Morgan fingerprint density at radius 3 is 2.13 bits per heavy atom. The van der Waals surface area contributed by atoms with Gasteiger partial charge in [-0.05, 0) is 24.6 Å². The number of fused-ring (bicyclic) bond motifs is 1. The Balaban J connectivity index is 1.81. The molecule has 0 saturated heterocycles. The highest BCUT2D eigenvalue weighted by molar-refractivity contribution is 6.11. The first-order chi connectivity index (χ1) is 14.6. The lowest BCUT2D eigenvalue weighted by atomic mass is 10.1. The molecule has 6 heteroatoms. The summed E-state index contributed by atoms with van der Waals surface area (Å²) in [4.78, 5) is 15.1. The first-order valence-electron chi connectivity index (χ1n) is 9.63. The minimum Gasteiger partial charge on any atom is -0.493 e. The first kappa shape index (κ1) is 19.6. The zero-order valence-electron chi connectivity index (χ0n) is 17.4. The van der Waals surface area contributed by atoms with E-state index in [1.165, 1.54) is 0 Å². The molecule has 1 atom stereocenters. The monoisotopic (exact) mass is 404 g/mol. The van der Waals surface area contributed by atoms with Gasteiger partial charge in [0.15, 0.2) is 11.5 Å². The molecule has 0 aromatic heterocycles. The number of hydrogen-bond donors (Lipinski definition) is 1. The minimum absolute atomic E-state index is 0.0372. The van der Waals surface area contributed by atoms with Crippen molar-refractivity contribution >= 4 is 17.3 Å². The largest absolute Gasteiger partial charge is 0.493 e. The Labute approximate surface area is 176 Å². The Morgan fingerprint density at radius 2 is 1.50 bits per heavy atom. The molecule has 1 aliphatic rings. The van der Waals surface area contributed by atoms with Crippen molar-refractivity contribution in [2.75, 3.05) is 31.5 Å². The van der Waals surface area contributed by atoms with E-state index in [0.717, 1.165) is 22.5 Å². The number of amides is 1. The predicted molar refractivity (Wildman–Crippen MR) is 117 cm³/mol. The third-order valence-corrected chi connectivity index (χ3v) is 5.31. The number of aryl methyl sites for hydroxylation is 1. The van der Waals surface area contributed by atoms with Crippen LogP contribution in [0.1, 0.15) is 27.7 Å². The quantitative estimate of drug-likeness (QED) is 0.640. The molecule has 0 aliphatic carbocycles. The maximum absolute atomic E-state index is 13.3. The van der Waals surface area contributed by atoms with Crippen molar-refractivity contribution in [1.29, 1.82) is 0 Å². The average Bonchev–Trinajstić information content (AvgIpc) is 3.05. The molecule has 1 amide bonds. The third kappa shape index (κ3) is 3.20. The molecule has 0 fully saturated rings. The maximum atomic E-state index is 13.3. The van der Waals surface area contributed by atoms with Gasteiger partial charge in [-0.25, -0.2) is 0 Å². The van der Waals surface area contributed by atoms with Gasteiger partial charge < -0.3 is 19.5 Å². The van der Waals surface area contributed by atoms with E-state index in [0.29, 0.717) is 22.8 Å². The van der Waals surface area contributed by atoms with Crippen LogP contribution in [0.25, 0.3) is 0 Å². The van der Waals surface area contributed by atoms with Crippen LogP contribution in [0.5, 0.6) is 17.2 Å². The molecule has 0 bridgehead atoms. The van der Waals surface area contributed by atoms with Crippen molar-refractivity contribution in [3.8, 4) is 17.2 Å². The van der Waals surface area contributed by atoms with Crippen molar-refractivity contribution < 1.29 is 19.0 Å². The summed E-state index contributed by atoms with van der Waals surface area (Å²) >= 11 is 0. The average molecular weight is 404 g/mol. The van der Waals surface area contributed by atoms with Gasteiger partial charge in [0.25, 0.3) is 5.91 Å². The fourth-order valence-corrected chi connectivity index (χ4v) is 3.86. The highest BCUT2D eigenvalue weighted by Crippen LogP contribution is 2.43. The van der Waals surface area contributed by atoms with Gasteiger partial charge >= 0.3 is 0 Å². The van der Waals surface area contributed by atoms with E-state index in [1.807, 2.05) is 67.6 Å². The van der Waals surface area contributed by atoms with E-state index < -0.39 is 0 Å². The summed E-state index contributed by atoms with van der Waals surface area (Å²) in [5, 5.41) is 3.49. The standard InChI is InChI=1S/C24H24N2O4/c1-15-9-5-8-12-19(15)26-23(17-10-6-7-11-18(17)24(26)27)25-16-13-20(28-2)22(30-4)21(14-16)29-3/h5-14,23,25H,1-4H3/t23-/m1/s1. The van der Waals surface area contributed by atoms with Gasteiger partial charge in [-0.3, -0.25) is 9.69 Å². The smallest absolute Gasteiger partial charge is 0.260 e. The van der Waals surface area contributed by atoms with E-state index in [-0.39, 0.29) is 12.1 Å². The molecule has 4 rings (SSSR count). The number of carbonyl (C=O) groups excluding carboxylic acids is 1. The molecule has 0 unspecified atom stereocenters. The summed E-state index contributed by atoms with van der Waals surface area (Å²) in [5.74, 6) is 1.56. The van der Waals surface area contributed by atoms with Gasteiger partial charge in [0.2, 0.25) is 5.75 Å². The van der Waals surface area contributed by atoms with E-state index in [2.05, 4.69) is 5.32 Å². The predicted octanol–water partition coefficient (Wildman–Crippen LogP) is 4.79. The van der Waals surface area contributed by atoms with Crippen LogP contribution in [0.15, 0.2) is 60.7 Å². The SMILES string of the molecule is COc1cc(N[C@H]2c3ccccc3C(=O)N2c2ccccc2C)cc(OC)c1OC. The molecule has 0 radical (unpaired) electrons. The van der Waals surface area contributed by atoms with Crippen molar-refractivity contribution in [3.63, 3.8) is 0 Å². The number of benzene rings is 3. The molecule has 1 heterocycles. The van der Waals surface area contributed by atoms with E-state index in [4.69, 9.17) is 14.2 Å². The van der Waals surface area contributed by atoms with Gasteiger partial charge in [-0.2, -0.15) is 0 Å². The number of ether oxygens (including phenoxy) is 3. The number of carbonyl (C=O) groups is 1. The van der Waals surface area contributed by atoms with Crippen LogP contribution in [0.4, 0.5) is 11.4 Å². The maximum Gasteiger partial charge on any atom is 0.260 e. The van der Waals surface area contributed by atoms with Crippen LogP contribution in [0.2, 0.25) is 0 Å². The summed E-state index contributed by atoms with van der Waals surface area (Å²) in [6.07, 6.45) is -0.377. The molecule has 30 heavy (non-hydrogen) atoms. The minimum atomic E-state index is -0.377. The molecular weight excluding hydrogens is 380 g/mol. The van der Waals surface area contributed by atoms with E-state index in [9.17, 15) is 4.79 Å². The van der Waals surface area contributed by atoms with Gasteiger partial charge in [-0.1, -0.05) is 36.4 Å². The molecule has 0 spiro atoms. The molecule has 3 aromatic rings. The molecular formula is C24H24N2O4. The summed E-state index contributed by atoms with van der Waals surface area (Å²) < 4.78 is 16.4. The Morgan fingerprint density at radius 1 is 0.867 bits per heavy atom. The molecule has 1 N–H and O–H groups in total. The second kappa shape index (κ2) is 7.99. The number of nitrogens with one attached hydrogen (secondary N) is 1. The van der Waals surface area contributed by atoms with Crippen LogP contribution in [0, 0.1) is 6.92 Å². The van der Waals surface area contributed by atoms with E-state index >= 15 is 0 Å². The summed E-state index contributed by atoms with van der Waals surface area (Å²) in [5.41, 5.74) is 4.24. The normalized spacial score (nSPS) is 15.0. The lowest BCUT2D eigenvalue weighted by Gasteiger charge is -2.29. The van der Waals surface area contributed by atoms with Crippen LogP contribution in [0.3, 0.4) is 0 Å². The Kier molecular flexibility index (Phi) is 5.23. The van der Waals surface area contributed by atoms with Gasteiger partial charge in [-0.15, -0.1) is 0 Å². The van der Waals surface area contributed by atoms with Crippen LogP contribution < -0.4 is 24.4 Å². The first-order valence-corrected chi connectivity index (χ1v) is 9.63. The number of nitrogens with zero attached hydrogens (tertiary/aromatic N) is 1. The topological polar surface area (TPSA) is 60.0 Å². The number of methoxy groups -OCH3 is 3. The number of anilines is 2. The van der Waals surface area contributed by atoms with Crippen LogP contribution in [-0.4, -0.2) is 27.2 Å². The van der Waals surface area contributed by atoms with Gasteiger partial charge in [0.1, 0.15) is 6.17 Å². The van der Waals surface area contributed by atoms with E-state index in [1.54, 1.807) is 26.2 Å². The highest BCUT2D eigenvalue weighted by atomic mass is 16.5. The van der Waals surface area contributed by atoms with Crippen molar-refractivity contribution in [2.45, 2.75) is 13.1 Å². The fourth-order valence-electron chi connectivity index (χ4n) is 3.86. The lowest BCUT2D eigenvalue weighted by Crippen LogP contribution is -2.32. The van der Waals surface area contributed by atoms with Crippen LogP contribution in [-0.2, 0) is 0 Å². The second-order valence-electron chi connectivity index (χ2n) is 7.01. The number of para-hydroxylation sites is 1. The molecule has 0 saturated carbocycles. The zero-order valence-corrected chi connectivity index (χ0v) is 17.4. The van der Waals surface area contributed by atoms with Crippen molar-refractivity contribution in [1.82, 2.24) is 0 Å². The number of rotatable bonds is 6. The Hall–Kier alpha value is -3.67. The number of hydrogen-bond acceptors (Lipinski definition) is 5. The zero-order chi connectivity index (χ0) is 21.3. The lowest BCUT2D eigenvalue weighted by molar-refractivity contribution is 0.0993.